The second-order valence-electron chi connectivity index (χ2n) is 3.31. The fraction of sp³-hybridized carbons (Fsp3) is 0.400. The Labute approximate surface area is 86.3 Å². The minimum atomic E-state index is 0.0625. The summed E-state index contributed by atoms with van der Waals surface area (Å²) in [6.45, 7) is 1.16. The number of likely N-dealkylation sites (tertiary alicyclic amines) is 1. The summed E-state index contributed by atoms with van der Waals surface area (Å²) in [5, 5.41) is 1.89. The molecular weight excluding hydrogens is 198 g/mol. The van der Waals surface area contributed by atoms with Crippen LogP contribution in [0.15, 0.2) is 17.5 Å². The van der Waals surface area contributed by atoms with E-state index in [9.17, 15) is 9.59 Å². The molecule has 0 bridgehead atoms. The van der Waals surface area contributed by atoms with Crippen molar-refractivity contribution in [2.24, 2.45) is 0 Å². The third-order valence-corrected chi connectivity index (χ3v) is 3.20. The largest absolute Gasteiger partial charge is 0.337 e. The lowest BCUT2D eigenvalue weighted by Gasteiger charge is -2.25. The van der Waals surface area contributed by atoms with Crippen LogP contribution in [0.3, 0.4) is 0 Å². The maximum Gasteiger partial charge on any atom is 0.263 e. The summed E-state index contributed by atoms with van der Waals surface area (Å²) in [7, 11) is 0. The molecule has 74 valence electrons. The number of piperidine rings is 1. The Morgan fingerprint density at radius 3 is 2.64 bits per heavy atom. The molecule has 2 rings (SSSR count). The summed E-state index contributed by atoms with van der Waals surface area (Å²) < 4.78 is 0. The Morgan fingerprint density at radius 1 is 1.36 bits per heavy atom. The topological polar surface area (TPSA) is 37.4 Å². The van der Waals surface area contributed by atoms with Gasteiger partial charge in [-0.05, 0) is 11.4 Å². The van der Waals surface area contributed by atoms with Gasteiger partial charge in [0.2, 0.25) is 0 Å². The van der Waals surface area contributed by atoms with Gasteiger partial charge in [-0.1, -0.05) is 6.07 Å². The highest BCUT2D eigenvalue weighted by Gasteiger charge is 2.21. The highest BCUT2D eigenvalue weighted by molar-refractivity contribution is 7.12. The number of rotatable bonds is 1. The molecule has 1 fully saturated rings. The Bertz CT molecular complexity index is 335. The lowest BCUT2D eigenvalue weighted by molar-refractivity contribution is -0.120. The Kier molecular flexibility index (Phi) is 2.63. The van der Waals surface area contributed by atoms with E-state index in [-0.39, 0.29) is 11.7 Å². The van der Waals surface area contributed by atoms with Crippen LogP contribution in [0.1, 0.15) is 22.5 Å². The molecule has 0 aliphatic carbocycles. The molecule has 2 heterocycles. The van der Waals surface area contributed by atoms with Gasteiger partial charge in [0.1, 0.15) is 5.78 Å². The Hall–Kier alpha value is -1.16. The number of carbonyl (C=O) groups excluding carboxylic acids is 2. The minimum Gasteiger partial charge on any atom is -0.337 e. The van der Waals surface area contributed by atoms with Crippen molar-refractivity contribution in [1.29, 1.82) is 0 Å². The molecular formula is C10H11NO2S. The molecule has 1 aromatic rings. The molecule has 1 amide bonds. The maximum atomic E-state index is 11.8. The first kappa shape index (κ1) is 9.40. The van der Waals surface area contributed by atoms with E-state index in [1.165, 1.54) is 11.3 Å². The molecule has 1 aliphatic heterocycles. The van der Waals surface area contributed by atoms with Crippen LogP contribution in [-0.2, 0) is 4.79 Å². The zero-order chi connectivity index (χ0) is 9.97. The third-order valence-electron chi connectivity index (χ3n) is 2.34. The normalized spacial score (nSPS) is 17.1. The lowest BCUT2D eigenvalue weighted by atomic mass is 10.1. The van der Waals surface area contributed by atoms with Crippen LogP contribution in [0.5, 0.6) is 0 Å². The van der Waals surface area contributed by atoms with Gasteiger partial charge < -0.3 is 4.90 Å². The van der Waals surface area contributed by atoms with Gasteiger partial charge in [-0.25, -0.2) is 0 Å². The van der Waals surface area contributed by atoms with Crippen molar-refractivity contribution in [3.8, 4) is 0 Å². The zero-order valence-corrected chi connectivity index (χ0v) is 8.55. The van der Waals surface area contributed by atoms with Gasteiger partial charge in [0.25, 0.3) is 5.91 Å². The van der Waals surface area contributed by atoms with E-state index < -0.39 is 0 Å². The summed E-state index contributed by atoms with van der Waals surface area (Å²) in [6, 6.07) is 3.69. The average molecular weight is 209 g/mol. The second-order valence-corrected chi connectivity index (χ2v) is 4.26. The minimum absolute atomic E-state index is 0.0625. The lowest BCUT2D eigenvalue weighted by Crippen LogP contribution is -2.38. The van der Waals surface area contributed by atoms with E-state index in [1.807, 2.05) is 17.5 Å². The van der Waals surface area contributed by atoms with E-state index in [2.05, 4.69) is 0 Å². The van der Waals surface area contributed by atoms with Gasteiger partial charge in [-0.3, -0.25) is 9.59 Å². The SMILES string of the molecule is O=C1CCN(C(=O)c2cccs2)CC1. The van der Waals surface area contributed by atoms with E-state index in [1.54, 1.807) is 4.90 Å². The van der Waals surface area contributed by atoms with E-state index in [0.717, 1.165) is 4.88 Å². The van der Waals surface area contributed by atoms with E-state index in [4.69, 9.17) is 0 Å². The Morgan fingerprint density at radius 2 is 2.07 bits per heavy atom. The van der Waals surface area contributed by atoms with Crippen LogP contribution in [0.4, 0.5) is 0 Å². The van der Waals surface area contributed by atoms with Crippen LogP contribution < -0.4 is 0 Å². The fourth-order valence-corrected chi connectivity index (χ4v) is 2.21. The molecule has 1 aliphatic rings. The third kappa shape index (κ3) is 1.85. The number of ketones is 1. The zero-order valence-electron chi connectivity index (χ0n) is 7.73. The molecule has 0 aromatic carbocycles. The molecule has 0 radical (unpaired) electrons. The van der Waals surface area contributed by atoms with Crippen LogP contribution >= 0.6 is 11.3 Å². The quantitative estimate of drug-likeness (QED) is 0.703. The van der Waals surface area contributed by atoms with Gasteiger partial charge in [0.05, 0.1) is 4.88 Å². The standard InChI is InChI=1S/C10H11NO2S/c12-8-3-5-11(6-4-8)10(13)9-2-1-7-14-9/h1-2,7H,3-6H2. The fourth-order valence-electron chi connectivity index (χ4n) is 1.52. The van der Waals surface area contributed by atoms with Crippen LogP contribution in [0, 0.1) is 0 Å². The predicted molar refractivity (Wildman–Crippen MR) is 54.5 cm³/mol. The number of nitrogens with zero attached hydrogens (tertiary/aromatic N) is 1. The van der Waals surface area contributed by atoms with Crippen molar-refractivity contribution < 1.29 is 9.59 Å². The highest BCUT2D eigenvalue weighted by Crippen LogP contribution is 2.15. The number of hydrogen-bond acceptors (Lipinski definition) is 3. The predicted octanol–water partition coefficient (Wildman–Crippen LogP) is 1.55. The van der Waals surface area contributed by atoms with Gasteiger partial charge in [-0.2, -0.15) is 0 Å². The monoisotopic (exact) mass is 209 g/mol. The van der Waals surface area contributed by atoms with Crippen molar-refractivity contribution in [1.82, 2.24) is 4.90 Å². The van der Waals surface area contributed by atoms with Crippen LogP contribution in [0.2, 0.25) is 0 Å². The first-order valence-electron chi connectivity index (χ1n) is 4.62. The van der Waals surface area contributed by atoms with Crippen molar-refractivity contribution in [2.45, 2.75) is 12.8 Å². The average Bonchev–Trinajstić information content (AvgIpc) is 2.71. The Balaban J connectivity index is 2.03. The molecule has 4 heteroatoms. The van der Waals surface area contributed by atoms with Crippen molar-refractivity contribution in [2.75, 3.05) is 13.1 Å². The summed E-state index contributed by atoms with van der Waals surface area (Å²) in [5.41, 5.74) is 0. The number of thiophene rings is 1. The van der Waals surface area contributed by atoms with Crippen molar-refractivity contribution >= 4 is 23.0 Å². The number of amides is 1. The molecule has 0 unspecified atom stereocenters. The highest BCUT2D eigenvalue weighted by atomic mass is 32.1. The molecule has 0 atom stereocenters. The van der Waals surface area contributed by atoms with E-state index >= 15 is 0 Å². The smallest absolute Gasteiger partial charge is 0.263 e. The molecule has 14 heavy (non-hydrogen) atoms. The second kappa shape index (κ2) is 3.92. The number of carbonyl (C=O) groups is 2. The molecule has 1 saturated heterocycles. The summed E-state index contributed by atoms with van der Waals surface area (Å²) in [6.07, 6.45) is 1.02. The number of hydrogen-bond donors (Lipinski definition) is 0. The van der Waals surface area contributed by atoms with Crippen LogP contribution in [-0.4, -0.2) is 29.7 Å². The molecule has 3 nitrogen and oxygen atoms in total. The first-order valence-corrected chi connectivity index (χ1v) is 5.50. The molecule has 1 aromatic heterocycles. The van der Waals surface area contributed by atoms with Gasteiger partial charge >= 0.3 is 0 Å². The maximum absolute atomic E-state index is 11.8. The first-order chi connectivity index (χ1) is 6.77. The molecule has 0 spiro atoms. The molecule has 0 N–H and O–H groups in total. The van der Waals surface area contributed by atoms with Gasteiger partial charge in [-0.15, -0.1) is 11.3 Å². The van der Waals surface area contributed by atoms with Crippen molar-refractivity contribution in [3.05, 3.63) is 22.4 Å². The molecule has 0 saturated carbocycles. The number of Topliss-reactive ketones (excluding diaryl/α,β-unsaturated/α-hetero) is 1. The van der Waals surface area contributed by atoms with Crippen molar-refractivity contribution in [3.63, 3.8) is 0 Å². The van der Waals surface area contributed by atoms with E-state index in [0.29, 0.717) is 25.9 Å². The van der Waals surface area contributed by atoms with Crippen LogP contribution in [0.25, 0.3) is 0 Å². The summed E-state index contributed by atoms with van der Waals surface area (Å²) >= 11 is 1.45. The summed E-state index contributed by atoms with van der Waals surface area (Å²) in [5.74, 6) is 0.327. The summed E-state index contributed by atoms with van der Waals surface area (Å²) in [4.78, 5) is 25.3. The van der Waals surface area contributed by atoms with Gasteiger partial charge in [0.15, 0.2) is 0 Å². The van der Waals surface area contributed by atoms with Gasteiger partial charge in [0, 0.05) is 25.9 Å².